The van der Waals surface area contributed by atoms with Crippen LogP contribution in [-0.2, 0) is 9.84 Å². The van der Waals surface area contributed by atoms with E-state index in [4.69, 9.17) is 0 Å². The second-order valence-corrected chi connectivity index (χ2v) is 1.52. The van der Waals surface area contributed by atoms with Gasteiger partial charge in [0.25, 0.3) is 0 Å². The lowest BCUT2D eigenvalue weighted by Gasteiger charge is -2.06. The maximum Gasteiger partial charge on any atom is 0.198 e. The van der Waals surface area contributed by atoms with Gasteiger partial charge in [-0.1, -0.05) is 6.92 Å². The van der Waals surface area contributed by atoms with Crippen LogP contribution in [0.25, 0.3) is 0 Å². The molecule has 0 saturated heterocycles. The summed E-state index contributed by atoms with van der Waals surface area (Å²) in [6, 6.07) is 0. The zero-order chi connectivity index (χ0) is 6.57. The molecule has 0 aromatic rings. The van der Waals surface area contributed by atoms with E-state index in [-0.39, 0.29) is 0 Å². The van der Waals surface area contributed by atoms with E-state index < -0.39 is 12.6 Å². The van der Waals surface area contributed by atoms with Gasteiger partial charge in [-0.05, 0) is 13.3 Å². The van der Waals surface area contributed by atoms with Gasteiger partial charge in [-0.3, -0.25) is 0 Å². The molecule has 0 N–H and O–H groups in total. The summed E-state index contributed by atoms with van der Waals surface area (Å²) in [5.74, 6) is 0. The molecular formula is C5H10FO2. The molecule has 49 valence electrons. The molecule has 2 unspecified atom stereocenters. The summed E-state index contributed by atoms with van der Waals surface area (Å²) in [6.45, 7) is 2.85. The van der Waals surface area contributed by atoms with E-state index >= 15 is 0 Å². The Kier molecular flexibility index (Phi) is 3.73. The van der Waals surface area contributed by atoms with Crippen molar-refractivity contribution < 1.29 is 14.2 Å². The highest BCUT2D eigenvalue weighted by atomic mass is 19.1. The highest BCUT2D eigenvalue weighted by Crippen LogP contribution is 1.99. The predicted octanol–water partition coefficient (Wildman–Crippen LogP) is 1.49. The van der Waals surface area contributed by atoms with Gasteiger partial charge in [0.1, 0.15) is 0 Å². The Morgan fingerprint density at radius 1 is 1.75 bits per heavy atom. The zero-order valence-corrected chi connectivity index (χ0v) is 5.06. The predicted molar refractivity (Wildman–Crippen MR) is 26.4 cm³/mol. The minimum atomic E-state index is -1.43. The summed E-state index contributed by atoms with van der Waals surface area (Å²) in [5, 5.41) is 10.2. The van der Waals surface area contributed by atoms with Gasteiger partial charge in [0.2, 0.25) is 0 Å². The Balaban J connectivity index is 3.10. The highest BCUT2D eigenvalue weighted by molar-refractivity contribution is 4.33. The van der Waals surface area contributed by atoms with E-state index in [1.807, 2.05) is 0 Å². The molecule has 0 saturated carbocycles. The van der Waals surface area contributed by atoms with Crippen LogP contribution in [-0.4, -0.2) is 12.6 Å². The van der Waals surface area contributed by atoms with Crippen LogP contribution in [0.15, 0.2) is 0 Å². The summed E-state index contributed by atoms with van der Waals surface area (Å²) < 4.78 is 15.9. The van der Waals surface area contributed by atoms with Crippen LogP contribution in [0.4, 0.5) is 4.39 Å². The molecular weight excluding hydrogens is 111 g/mol. The first-order chi connectivity index (χ1) is 3.66. The van der Waals surface area contributed by atoms with Crippen LogP contribution < -0.4 is 0 Å². The molecule has 0 rings (SSSR count). The number of halogens is 1. The van der Waals surface area contributed by atoms with Gasteiger partial charge in [-0.15, -0.1) is 0 Å². The molecule has 0 heterocycles. The van der Waals surface area contributed by atoms with E-state index in [1.54, 1.807) is 6.92 Å². The molecule has 2 atom stereocenters. The lowest BCUT2D eigenvalue weighted by Crippen LogP contribution is -2.13. The van der Waals surface area contributed by atoms with Crippen molar-refractivity contribution in [3.8, 4) is 0 Å². The Morgan fingerprint density at radius 2 is 2.25 bits per heavy atom. The number of hydrogen-bond donors (Lipinski definition) is 0. The fraction of sp³-hybridized carbons (Fsp3) is 1.00. The van der Waals surface area contributed by atoms with Gasteiger partial charge in [-0.2, -0.15) is 0 Å². The first-order valence-corrected chi connectivity index (χ1v) is 2.62. The van der Waals surface area contributed by atoms with Gasteiger partial charge >= 0.3 is 0 Å². The molecule has 0 amide bonds. The second kappa shape index (κ2) is 3.80. The fourth-order valence-electron chi connectivity index (χ4n) is 0.305. The zero-order valence-electron chi connectivity index (χ0n) is 5.06. The number of ether oxygens (including phenoxy) is 1. The normalized spacial score (nSPS) is 18.0. The monoisotopic (exact) mass is 121 g/mol. The Morgan fingerprint density at radius 3 is 2.38 bits per heavy atom. The van der Waals surface area contributed by atoms with Crippen molar-refractivity contribution in [2.24, 2.45) is 0 Å². The van der Waals surface area contributed by atoms with Crippen LogP contribution in [0, 0.1) is 0 Å². The first kappa shape index (κ1) is 7.85. The molecule has 0 aromatic heterocycles. The number of hydrogen-bond acceptors (Lipinski definition) is 1. The Bertz CT molecular complexity index is 56.4. The number of rotatable bonds is 3. The van der Waals surface area contributed by atoms with Crippen molar-refractivity contribution in [2.45, 2.75) is 32.9 Å². The molecule has 0 aliphatic heterocycles. The minimum absolute atomic E-state index is 0.314. The molecule has 2 nitrogen and oxygen atoms in total. The van der Waals surface area contributed by atoms with Gasteiger partial charge in [0.05, 0.1) is 0 Å². The standard InChI is InChI=1S/C5H10FO2/c1-3-5(7)8-4(2)6/h4-5H,3H2,1-2H3. The molecule has 8 heavy (non-hydrogen) atoms. The summed E-state index contributed by atoms with van der Waals surface area (Å²) >= 11 is 0. The Hall–Kier alpha value is -0.150. The summed E-state index contributed by atoms with van der Waals surface area (Å²) in [6.07, 6.45) is -2.32. The fourth-order valence-corrected chi connectivity index (χ4v) is 0.305. The van der Waals surface area contributed by atoms with E-state index in [9.17, 15) is 9.50 Å². The first-order valence-electron chi connectivity index (χ1n) is 2.62. The van der Waals surface area contributed by atoms with Crippen molar-refractivity contribution in [1.29, 1.82) is 0 Å². The van der Waals surface area contributed by atoms with Gasteiger partial charge in [0, 0.05) is 0 Å². The molecule has 0 aromatic carbocycles. The van der Waals surface area contributed by atoms with Gasteiger partial charge < -0.3 is 4.74 Å². The molecule has 0 spiro atoms. The van der Waals surface area contributed by atoms with E-state index in [0.29, 0.717) is 6.42 Å². The topological polar surface area (TPSA) is 29.1 Å². The summed E-state index contributed by atoms with van der Waals surface area (Å²) in [7, 11) is 0. The molecule has 1 radical (unpaired) electrons. The quantitative estimate of drug-likeness (QED) is 0.520. The smallest absolute Gasteiger partial charge is 0.198 e. The molecule has 0 fully saturated rings. The van der Waals surface area contributed by atoms with Crippen molar-refractivity contribution in [3.05, 3.63) is 0 Å². The van der Waals surface area contributed by atoms with Gasteiger partial charge in [-0.25, -0.2) is 9.50 Å². The molecule has 3 heteroatoms. The molecule has 0 aliphatic carbocycles. The average Bonchev–Trinajstić information content (AvgIpc) is 1.65. The third kappa shape index (κ3) is 4.02. The third-order valence-electron chi connectivity index (χ3n) is 0.673. The van der Waals surface area contributed by atoms with Crippen molar-refractivity contribution >= 4 is 0 Å². The van der Waals surface area contributed by atoms with E-state index in [2.05, 4.69) is 4.74 Å². The highest BCUT2D eigenvalue weighted by Gasteiger charge is 2.05. The second-order valence-electron chi connectivity index (χ2n) is 1.52. The maximum atomic E-state index is 11.7. The van der Waals surface area contributed by atoms with Gasteiger partial charge in [0.15, 0.2) is 12.6 Å². The summed E-state index contributed by atoms with van der Waals surface area (Å²) in [5.41, 5.74) is 0. The lowest BCUT2D eigenvalue weighted by molar-refractivity contribution is -0.198. The molecule has 0 aliphatic rings. The Labute approximate surface area is 48.3 Å². The van der Waals surface area contributed by atoms with Crippen LogP contribution >= 0.6 is 0 Å². The van der Waals surface area contributed by atoms with E-state index in [1.165, 1.54) is 6.92 Å². The maximum absolute atomic E-state index is 11.7. The van der Waals surface area contributed by atoms with Crippen LogP contribution in [0.5, 0.6) is 0 Å². The SMILES string of the molecule is CCC([O])OC(C)F. The van der Waals surface area contributed by atoms with Crippen LogP contribution in [0.2, 0.25) is 0 Å². The third-order valence-corrected chi connectivity index (χ3v) is 0.673. The summed E-state index contributed by atoms with van der Waals surface area (Å²) in [4.78, 5) is 0. The minimum Gasteiger partial charge on any atom is -0.316 e. The van der Waals surface area contributed by atoms with Crippen LogP contribution in [0.3, 0.4) is 0 Å². The van der Waals surface area contributed by atoms with Crippen molar-refractivity contribution in [2.75, 3.05) is 0 Å². The lowest BCUT2D eigenvalue weighted by atomic mass is 10.5. The largest absolute Gasteiger partial charge is 0.316 e. The van der Waals surface area contributed by atoms with Crippen LogP contribution in [0.1, 0.15) is 20.3 Å². The van der Waals surface area contributed by atoms with E-state index in [0.717, 1.165) is 0 Å². The number of alkyl halides is 1. The van der Waals surface area contributed by atoms with Crippen molar-refractivity contribution in [3.63, 3.8) is 0 Å². The van der Waals surface area contributed by atoms with Crippen molar-refractivity contribution in [1.82, 2.24) is 0 Å². The average molecular weight is 121 g/mol. The molecule has 0 bridgehead atoms.